The van der Waals surface area contributed by atoms with Gasteiger partial charge in [0.25, 0.3) is 0 Å². The van der Waals surface area contributed by atoms with Crippen LogP contribution in [0, 0.1) is 5.82 Å². The van der Waals surface area contributed by atoms with Crippen molar-refractivity contribution in [2.45, 2.75) is 25.9 Å². The van der Waals surface area contributed by atoms with E-state index in [-0.39, 0.29) is 5.82 Å². The molecule has 1 aromatic heterocycles. The van der Waals surface area contributed by atoms with Gasteiger partial charge in [-0.3, -0.25) is 0 Å². The van der Waals surface area contributed by atoms with E-state index >= 15 is 0 Å². The molecular weight excluding hydrogens is 235 g/mol. The number of aliphatic hydroxyl groups is 1. The molecule has 1 aromatic carbocycles. The molecule has 0 radical (unpaired) electrons. The molecule has 1 nitrogen and oxygen atoms in total. The highest BCUT2D eigenvalue weighted by Gasteiger charge is 2.15. The van der Waals surface area contributed by atoms with Crippen LogP contribution in [-0.4, -0.2) is 10.7 Å². The monoisotopic (exact) mass is 250 g/mol. The summed E-state index contributed by atoms with van der Waals surface area (Å²) in [6, 6.07) is 7.05. The highest BCUT2D eigenvalue weighted by molar-refractivity contribution is 7.08. The van der Waals surface area contributed by atoms with E-state index in [9.17, 15) is 9.50 Å². The van der Waals surface area contributed by atoms with E-state index in [0.717, 1.165) is 11.1 Å². The first-order chi connectivity index (χ1) is 7.96. The first-order valence-corrected chi connectivity index (χ1v) is 6.43. The van der Waals surface area contributed by atoms with Crippen LogP contribution in [0.4, 0.5) is 4.39 Å². The molecule has 0 amide bonds. The zero-order valence-corrected chi connectivity index (χ0v) is 10.7. The van der Waals surface area contributed by atoms with Gasteiger partial charge in [-0.15, -0.1) is 0 Å². The molecule has 0 aliphatic carbocycles. The molecule has 0 atom stereocenters. The third kappa shape index (κ3) is 3.14. The highest BCUT2D eigenvalue weighted by atomic mass is 32.1. The molecule has 0 unspecified atom stereocenters. The third-order valence-electron chi connectivity index (χ3n) is 2.50. The molecule has 0 saturated heterocycles. The summed E-state index contributed by atoms with van der Waals surface area (Å²) in [5.74, 6) is -0.231. The maximum atomic E-state index is 13.9. The summed E-state index contributed by atoms with van der Waals surface area (Å²) in [5, 5.41) is 13.5. The Hall–Kier alpha value is -1.19. The second-order valence-corrected chi connectivity index (χ2v) is 5.60. The molecule has 0 bridgehead atoms. The molecule has 0 aliphatic rings. The normalized spacial score (nSPS) is 11.8. The van der Waals surface area contributed by atoms with E-state index in [0.29, 0.717) is 12.0 Å². The Kier molecular flexibility index (Phi) is 3.31. The third-order valence-corrected chi connectivity index (χ3v) is 3.19. The Morgan fingerprint density at radius 1 is 1.29 bits per heavy atom. The van der Waals surface area contributed by atoms with Crippen LogP contribution >= 0.6 is 11.3 Å². The molecule has 17 heavy (non-hydrogen) atoms. The fourth-order valence-corrected chi connectivity index (χ4v) is 2.48. The van der Waals surface area contributed by atoms with Gasteiger partial charge < -0.3 is 5.11 Å². The van der Waals surface area contributed by atoms with Crippen molar-refractivity contribution < 1.29 is 9.50 Å². The van der Waals surface area contributed by atoms with Crippen LogP contribution in [-0.2, 0) is 6.42 Å². The van der Waals surface area contributed by atoms with E-state index in [1.807, 2.05) is 22.9 Å². The summed E-state index contributed by atoms with van der Waals surface area (Å²) in [5.41, 5.74) is 1.53. The molecule has 0 spiro atoms. The Balaban J connectivity index is 2.30. The highest BCUT2D eigenvalue weighted by Crippen LogP contribution is 2.26. The standard InChI is InChI=1S/C14H15FOS/c1-14(2,16)8-10-3-4-12(13(15)7-10)11-5-6-17-9-11/h3-7,9,16H,8H2,1-2H3. The van der Waals surface area contributed by atoms with E-state index in [1.54, 1.807) is 31.3 Å². The van der Waals surface area contributed by atoms with Crippen LogP contribution in [0.25, 0.3) is 11.1 Å². The van der Waals surface area contributed by atoms with Gasteiger partial charge in [-0.1, -0.05) is 12.1 Å². The molecule has 90 valence electrons. The average Bonchev–Trinajstić information content (AvgIpc) is 2.68. The van der Waals surface area contributed by atoms with E-state index < -0.39 is 5.60 Å². The number of hydrogen-bond donors (Lipinski definition) is 1. The quantitative estimate of drug-likeness (QED) is 0.876. The van der Waals surface area contributed by atoms with Gasteiger partial charge in [0.05, 0.1) is 5.60 Å². The molecule has 2 aromatic rings. The largest absolute Gasteiger partial charge is 0.390 e. The van der Waals surface area contributed by atoms with Gasteiger partial charge in [-0.25, -0.2) is 4.39 Å². The summed E-state index contributed by atoms with van der Waals surface area (Å²) in [6.07, 6.45) is 0.452. The summed E-state index contributed by atoms with van der Waals surface area (Å²) in [4.78, 5) is 0. The number of rotatable bonds is 3. The predicted octanol–water partition coefficient (Wildman–Crippen LogP) is 3.87. The van der Waals surface area contributed by atoms with Crippen LogP contribution in [0.2, 0.25) is 0 Å². The first kappa shape index (κ1) is 12.3. The van der Waals surface area contributed by atoms with E-state index in [2.05, 4.69) is 0 Å². The lowest BCUT2D eigenvalue weighted by molar-refractivity contribution is 0.0809. The molecule has 1 N–H and O–H groups in total. The van der Waals surface area contributed by atoms with Crippen LogP contribution in [0.15, 0.2) is 35.0 Å². The minimum Gasteiger partial charge on any atom is -0.390 e. The van der Waals surface area contributed by atoms with Crippen LogP contribution in [0.3, 0.4) is 0 Å². The lowest BCUT2D eigenvalue weighted by Gasteiger charge is -2.17. The summed E-state index contributed by atoms with van der Waals surface area (Å²) in [6.45, 7) is 3.44. The SMILES string of the molecule is CC(C)(O)Cc1ccc(-c2ccsc2)c(F)c1. The fourth-order valence-electron chi connectivity index (χ4n) is 1.82. The fraction of sp³-hybridized carbons (Fsp3) is 0.286. The maximum Gasteiger partial charge on any atom is 0.131 e. The summed E-state index contributed by atoms with van der Waals surface area (Å²) < 4.78 is 13.9. The topological polar surface area (TPSA) is 20.2 Å². The lowest BCUT2D eigenvalue weighted by atomic mass is 9.97. The van der Waals surface area contributed by atoms with Gasteiger partial charge in [-0.05, 0) is 47.9 Å². The van der Waals surface area contributed by atoms with Crippen LogP contribution < -0.4 is 0 Å². The molecule has 2 rings (SSSR count). The minimum atomic E-state index is -0.809. The molecule has 3 heteroatoms. The Morgan fingerprint density at radius 3 is 2.59 bits per heavy atom. The van der Waals surface area contributed by atoms with Crippen molar-refractivity contribution in [3.05, 3.63) is 46.4 Å². The van der Waals surface area contributed by atoms with Gasteiger partial charge in [0.15, 0.2) is 0 Å². The second-order valence-electron chi connectivity index (χ2n) is 4.82. The second kappa shape index (κ2) is 4.59. The van der Waals surface area contributed by atoms with Crippen molar-refractivity contribution in [3.8, 4) is 11.1 Å². The Labute approximate surface area is 105 Å². The lowest BCUT2D eigenvalue weighted by Crippen LogP contribution is -2.21. The van der Waals surface area contributed by atoms with Crippen molar-refractivity contribution in [2.75, 3.05) is 0 Å². The zero-order chi connectivity index (χ0) is 12.5. The van der Waals surface area contributed by atoms with Crippen molar-refractivity contribution in [1.82, 2.24) is 0 Å². The molecule has 0 fully saturated rings. The molecular formula is C14H15FOS. The molecule has 0 aliphatic heterocycles. The molecule has 0 saturated carbocycles. The number of thiophene rings is 1. The Bertz CT molecular complexity index is 497. The smallest absolute Gasteiger partial charge is 0.131 e. The van der Waals surface area contributed by atoms with Crippen LogP contribution in [0.1, 0.15) is 19.4 Å². The van der Waals surface area contributed by atoms with Crippen LogP contribution in [0.5, 0.6) is 0 Å². The predicted molar refractivity (Wildman–Crippen MR) is 69.7 cm³/mol. The first-order valence-electron chi connectivity index (χ1n) is 5.49. The van der Waals surface area contributed by atoms with Gasteiger partial charge in [0.2, 0.25) is 0 Å². The number of hydrogen-bond acceptors (Lipinski definition) is 2. The van der Waals surface area contributed by atoms with Crippen molar-refractivity contribution in [2.24, 2.45) is 0 Å². The van der Waals surface area contributed by atoms with E-state index in [1.165, 1.54) is 6.07 Å². The van der Waals surface area contributed by atoms with Crippen molar-refractivity contribution in [1.29, 1.82) is 0 Å². The maximum absolute atomic E-state index is 13.9. The van der Waals surface area contributed by atoms with Gasteiger partial charge in [0.1, 0.15) is 5.82 Å². The van der Waals surface area contributed by atoms with Gasteiger partial charge in [0, 0.05) is 12.0 Å². The van der Waals surface area contributed by atoms with Crippen molar-refractivity contribution >= 4 is 11.3 Å². The molecule has 1 heterocycles. The Morgan fingerprint density at radius 2 is 2.06 bits per heavy atom. The van der Waals surface area contributed by atoms with Crippen molar-refractivity contribution in [3.63, 3.8) is 0 Å². The zero-order valence-electron chi connectivity index (χ0n) is 9.90. The minimum absolute atomic E-state index is 0.231. The summed E-state index contributed by atoms with van der Waals surface area (Å²) in [7, 11) is 0. The van der Waals surface area contributed by atoms with Gasteiger partial charge in [-0.2, -0.15) is 11.3 Å². The number of benzene rings is 1. The van der Waals surface area contributed by atoms with Gasteiger partial charge >= 0.3 is 0 Å². The van der Waals surface area contributed by atoms with E-state index in [4.69, 9.17) is 0 Å². The number of halogens is 1. The average molecular weight is 250 g/mol. The summed E-state index contributed by atoms with van der Waals surface area (Å²) >= 11 is 1.55.